The van der Waals surface area contributed by atoms with E-state index in [1.807, 2.05) is 37.3 Å². The Morgan fingerprint density at radius 1 is 1.04 bits per heavy atom. The lowest BCUT2D eigenvalue weighted by molar-refractivity contribution is -0.142. The Balaban J connectivity index is 2.03. The van der Waals surface area contributed by atoms with Crippen LogP contribution in [0.2, 0.25) is 0 Å². The maximum absolute atomic E-state index is 12.3. The third kappa shape index (κ3) is 4.68. The van der Waals surface area contributed by atoms with Crippen LogP contribution in [0.1, 0.15) is 29.7 Å². The van der Waals surface area contributed by atoms with Gasteiger partial charge in [-0.25, -0.2) is 4.79 Å². The highest BCUT2D eigenvalue weighted by atomic mass is 16.4. The summed E-state index contributed by atoms with van der Waals surface area (Å²) in [6, 6.07) is 15.7. The zero-order valence-corrected chi connectivity index (χ0v) is 13.3. The number of benzene rings is 2. The maximum Gasteiger partial charge on any atom is 0.330 e. The Labute approximate surface area is 136 Å². The molecule has 0 aliphatic rings. The van der Waals surface area contributed by atoms with Gasteiger partial charge < -0.3 is 10.4 Å². The van der Waals surface area contributed by atoms with Gasteiger partial charge in [-0.1, -0.05) is 67.1 Å². The second-order valence-corrected chi connectivity index (χ2v) is 5.78. The number of carbonyl (C=O) groups excluding carboxylic acids is 1. The number of nitrogens with one attached hydrogen (secondary N) is 1. The largest absolute Gasteiger partial charge is 0.479 e. The van der Waals surface area contributed by atoms with Crippen LogP contribution in [0.4, 0.5) is 0 Å². The quantitative estimate of drug-likeness (QED) is 0.861. The van der Waals surface area contributed by atoms with Crippen LogP contribution in [-0.2, 0) is 16.0 Å². The van der Waals surface area contributed by atoms with E-state index in [0.717, 1.165) is 5.56 Å². The van der Waals surface area contributed by atoms with E-state index in [1.54, 1.807) is 31.2 Å². The smallest absolute Gasteiger partial charge is 0.330 e. The number of aryl methyl sites for hydroxylation is 1. The average Bonchev–Trinajstić information content (AvgIpc) is 2.55. The summed E-state index contributed by atoms with van der Waals surface area (Å²) in [4.78, 5) is 23.8. The van der Waals surface area contributed by atoms with E-state index >= 15 is 0 Å². The summed E-state index contributed by atoms with van der Waals surface area (Å²) in [6.07, 6.45) is 0.577. The van der Waals surface area contributed by atoms with Crippen LogP contribution in [0.3, 0.4) is 0 Å². The first-order valence-corrected chi connectivity index (χ1v) is 7.61. The zero-order chi connectivity index (χ0) is 16.8. The topological polar surface area (TPSA) is 66.4 Å². The molecular formula is C19H21NO3. The zero-order valence-electron chi connectivity index (χ0n) is 13.3. The van der Waals surface area contributed by atoms with E-state index in [1.165, 1.54) is 5.56 Å². The molecule has 0 radical (unpaired) electrons. The molecule has 2 aromatic rings. The van der Waals surface area contributed by atoms with Gasteiger partial charge in [-0.15, -0.1) is 0 Å². The molecule has 0 spiro atoms. The van der Waals surface area contributed by atoms with Gasteiger partial charge in [0, 0.05) is 5.92 Å². The van der Waals surface area contributed by atoms with Crippen molar-refractivity contribution in [2.75, 3.05) is 0 Å². The molecule has 4 nitrogen and oxygen atoms in total. The van der Waals surface area contributed by atoms with Gasteiger partial charge in [0.2, 0.25) is 5.91 Å². The van der Waals surface area contributed by atoms with Crippen LogP contribution in [-0.4, -0.2) is 17.0 Å². The van der Waals surface area contributed by atoms with Crippen LogP contribution in [0.25, 0.3) is 0 Å². The monoisotopic (exact) mass is 311 g/mol. The molecule has 120 valence electrons. The Morgan fingerprint density at radius 3 is 2.22 bits per heavy atom. The normalized spacial score (nSPS) is 13.1. The Morgan fingerprint density at radius 2 is 1.65 bits per heavy atom. The van der Waals surface area contributed by atoms with Crippen molar-refractivity contribution in [2.24, 2.45) is 5.92 Å². The SMILES string of the molecule is Cc1ccc(CC(C)C(=O)N[C@@H](C(=O)O)c2ccccc2)cc1. The van der Waals surface area contributed by atoms with Crippen molar-refractivity contribution in [1.29, 1.82) is 0 Å². The van der Waals surface area contributed by atoms with Crippen LogP contribution >= 0.6 is 0 Å². The number of hydrogen-bond acceptors (Lipinski definition) is 2. The van der Waals surface area contributed by atoms with Crippen molar-refractivity contribution in [3.8, 4) is 0 Å². The molecule has 2 rings (SSSR count). The number of carboxylic acid groups (broad SMARTS) is 1. The maximum atomic E-state index is 12.3. The molecule has 0 aliphatic heterocycles. The Hall–Kier alpha value is -2.62. The predicted octanol–water partition coefficient (Wildman–Crippen LogP) is 3.12. The summed E-state index contributed by atoms with van der Waals surface area (Å²) < 4.78 is 0. The molecule has 0 aliphatic carbocycles. The van der Waals surface area contributed by atoms with Crippen molar-refractivity contribution in [3.05, 3.63) is 71.3 Å². The van der Waals surface area contributed by atoms with Crippen molar-refractivity contribution in [1.82, 2.24) is 5.32 Å². The fourth-order valence-corrected chi connectivity index (χ4v) is 2.39. The Bertz CT molecular complexity index is 665. The standard InChI is InChI=1S/C19H21NO3/c1-13-8-10-15(11-9-13)12-14(2)18(21)20-17(19(22)23)16-6-4-3-5-7-16/h3-11,14,17H,12H2,1-2H3,(H,20,21)(H,22,23)/t14?,17-/m1/s1. The molecule has 23 heavy (non-hydrogen) atoms. The van der Waals surface area contributed by atoms with Crippen LogP contribution in [0, 0.1) is 12.8 Å². The molecule has 0 bridgehead atoms. The lowest BCUT2D eigenvalue weighted by Crippen LogP contribution is -2.37. The number of rotatable bonds is 6. The second kappa shape index (κ2) is 7.58. The van der Waals surface area contributed by atoms with Crippen molar-refractivity contribution in [2.45, 2.75) is 26.3 Å². The highest BCUT2D eigenvalue weighted by Gasteiger charge is 2.24. The van der Waals surface area contributed by atoms with Crippen molar-refractivity contribution in [3.63, 3.8) is 0 Å². The van der Waals surface area contributed by atoms with Gasteiger partial charge >= 0.3 is 5.97 Å². The lowest BCUT2D eigenvalue weighted by atomic mass is 9.98. The highest BCUT2D eigenvalue weighted by Crippen LogP contribution is 2.15. The molecule has 0 saturated heterocycles. The summed E-state index contributed by atoms with van der Waals surface area (Å²) in [5.41, 5.74) is 2.79. The fourth-order valence-electron chi connectivity index (χ4n) is 2.39. The van der Waals surface area contributed by atoms with Crippen molar-refractivity contribution < 1.29 is 14.7 Å². The third-order valence-electron chi connectivity index (χ3n) is 3.78. The summed E-state index contributed by atoms with van der Waals surface area (Å²) in [5, 5.41) is 12.0. The lowest BCUT2D eigenvalue weighted by Gasteiger charge is -2.18. The summed E-state index contributed by atoms with van der Waals surface area (Å²) >= 11 is 0. The number of carbonyl (C=O) groups is 2. The van der Waals surface area contributed by atoms with Gasteiger partial charge in [-0.3, -0.25) is 4.79 Å². The van der Waals surface area contributed by atoms with E-state index < -0.39 is 12.0 Å². The third-order valence-corrected chi connectivity index (χ3v) is 3.78. The van der Waals surface area contributed by atoms with Gasteiger partial charge in [0.05, 0.1) is 0 Å². The molecule has 2 atom stereocenters. The van der Waals surface area contributed by atoms with Gasteiger partial charge in [0.25, 0.3) is 0 Å². The van der Waals surface area contributed by atoms with Crippen LogP contribution in [0.5, 0.6) is 0 Å². The first-order valence-electron chi connectivity index (χ1n) is 7.61. The van der Waals surface area contributed by atoms with Crippen molar-refractivity contribution >= 4 is 11.9 Å². The number of amides is 1. The van der Waals surface area contributed by atoms with Gasteiger partial charge in [0.15, 0.2) is 6.04 Å². The predicted molar refractivity (Wildman–Crippen MR) is 89.0 cm³/mol. The summed E-state index contributed by atoms with van der Waals surface area (Å²) in [6.45, 7) is 3.82. The van der Waals surface area contributed by atoms with Crippen LogP contribution in [0.15, 0.2) is 54.6 Å². The number of hydrogen-bond donors (Lipinski definition) is 2. The van der Waals surface area contributed by atoms with Gasteiger partial charge in [0.1, 0.15) is 0 Å². The molecular weight excluding hydrogens is 290 g/mol. The molecule has 2 aromatic carbocycles. The molecule has 1 amide bonds. The first-order chi connectivity index (χ1) is 11.0. The number of carboxylic acids is 1. The van der Waals surface area contributed by atoms with E-state index in [-0.39, 0.29) is 11.8 Å². The Kier molecular flexibility index (Phi) is 5.52. The fraction of sp³-hybridized carbons (Fsp3) is 0.263. The molecule has 0 aromatic heterocycles. The molecule has 1 unspecified atom stereocenters. The minimum Gasteiger partial charge on any atom is -0.479 e. The second-order valence-electron chi connectivity index (χ2n) is 5.78. The van der Waals surface area contributed by atoms with Gasteiger partial charge in [-0.2, -0.15) is 0 Å². The minimum absolute atomic E-state index is 0.262. The van der Waals surface area contributed by atoms with E-state index in [4.69, 9.17) is 0 Å². The summed E-state index contributed by atoms with van der Waals surface area (Å²) in [5.74, 6) is -1.63. The van der Waals surface area contributed by atoms with E-state index in [9.17, 15) is 14.7 Å². The molecule has 2 N–H and O–H groups in total. The van der Waals surface area contributed by atoms with Gasteiger partial charge in [-0.05, 0) is 24.5 Å². The molecule has 0 heterocycles. The molecule has 0 saturated carbocycles. The van der Waals surface area contributed by atoms with E-state index in [0.29, 0.717) is 12.0 Å². The van der Waals surface area contributed by atoms with Crippen LogP contribution < -0.4 is 5.32 Å². The first kappa shape index (κ1) is 16.7. The molecule has 0 fully saturated rings. The number of aliphatic carboxylic acids is 1. The van der Waals surface area contributed by atoms with E-state index in [2.05, 4.69) is 5.32 Å². The average molecular weight is 311 g/mol. The minimum atomic E-state index is -1.06. The summed E-state index contributed by atoms with van der Waals surface area (Å²) in [7, 11) is 0. The highest BCUT2D eigenvalue weighted by molar-refractivity contribution is 5.85. The molecule has 4 heteroatoms.